The van der Waals surface area contributed by atoms with Crippen LogP contribution in [-0.2, 0) is 4.74 Å². The van der Waals surface area contributed by atoms with Crippen LogP contribution in [-0.4, -0.2) is 47.7 Å². The number of ether oxygens (including phenoxy) is 1. The fourth-order valence-corrected chi connectivity index (χ4v) is 2.43. The number of carboxylic acid groups (broad SMARTS) is 1. The van der Waals surface area contributed by atoms with E-state index in [0.29, 0.717) is 18.7 Å². The molecule has 0 radical (unpaired) electrons. The molecule has 0 aromatic heterocycles. The molecule has 1 fully saturated rings. The van der Waals surface area contributed by atoms with Crippen molar-refractivity contribution in [2.75, 3.05) is 19.7 Å². The standard InChI is InChI=1S/C15H19NO4/c1-2-20-13-4-3-9-16(10-13)14(17)11-5-7-12(8-6-11)15(18)19/h5-8,13H,2-4,9-10H2,1H3,(H,18,19)/t13-/m0/s1. The van der Waals surface area contributed by atoms with Crippen LogP contribution in [0.1, 0.15) is 40.5 Å². The Labute approximate surface area is 118 Å². The van der Waals surface area contributed by atoms with Crippen molar-refractivity contribution in [2.45, 2.75) is 25.9 Å². The van der Waals surface area contributed by atoms with E-state index >= 15 is 0 Å². The molecule has 1 saturated heterocycles. The van der Waals surface area contributed by atoms with Crippen LogP contribution in [0.5, 0.6) is 0 Å². The van der Waals surface area contributed by atoms with Crippen molar-refractivity contribution in [3.8, 4) is 0 Å². The third-order valence-electron chi connectivity index (χ3n) is 3.45. The summed E-state index contributed by atoms with van der Waals surface area (Å²) in [7, 11) is 0. The summed E-state index contributed by atoms with van der Waals surface area (Å²) in [5.41, 5.74) is 0.708. The van der Waals surface area contributed by atoms with E-state index in [-0.39, 0.29) is 17.6 Å². The van der Waals surface area contributed by atoms with Gasteiger partial charge in [0.15, 0.2) is 0 Å². The van der Waals surface area contributed by atoms with Crippen LogP contribution in [0.3, 0.4) is 0 Å². The van der Waals surface area contributed by atoms with Crippen LogP contribution in [0.25, 0.3) is 0 Å². The number of hydrogen-bond acceptors (Lipinski definition) is 3. The molecule has 2 rings (SSSR count). The number of piperidine rings is 1. The number of aromatic carboxylic acids is 1. The molecular formula is C15H19NO4. The lowest BCUT2D eigenvalue weighted by molar-refractivity contribution is 0.00724. The number of benzene rings is 1. The molecule has 1 aromatic rings. The summed E-state index contributed by atoms with van der Waals surface area (Å²) in [4.78, 5) is 24.9. The minimum Gasteiger partial charge on any atom is -0.478 e. The molecule has 1 N–H and O–H groups in total. The number of rotatable bonds is 4. The zero-order chi connectivity index (χ0) is 14.5. The second-order valence-electron chi connectivity index (χ2n) is 4.85. The van der Waals surface area contributed by atoms with Gasteiger partial charge in [0.25, 0.3) is 5.91 Å². The average Bonchev–Trinajstić information content (AvgIpc) is 2.47. The SMILES string of the molecule is CCO[C@H]1CCCN(C(=O)c2ccc(C(=O)O)cc2)C1. The minimum atomic E-state index is -0.988. The van der Waals surface area contributed by atoms with E-state index in [1.165, 1.54) is 12.1 Å². The van der Waals surface area contributed by atoms with Crippen molar-refractivity contribution >= 4 is 11.9 Å². The molecule has 1 atom stereocenters. The normalized spacial score (nSPS) is 18.9. The Hall–Kier alpha value is -1.88. The van der Waals surface area contributed by atoms with Gasteiger partial charge in [-0.05, 0) is 44.0 Å². The van der Waals surface area contributed by atoms with Gasteiger partial charge >= 0.3 is 5.97 Å². The fraction of sp³-hybridized carbons (Fsp3) is 0.467. The number of carbonyl (C=O) groups is 2. The molecule has 0 unspecified atom stereocenters. The van der Waals surface area contributed by atoms with Gasteiger partial charge in [-0.25, -0.2) is 4.79 Å². The van der Waals surface area contributed by atoms with Crippen molar-refractivity contribution in [3.05, 3.63) is 35.4 Å². The van der Waals surface area contributed by atoms with Gasteiger partial charge in [-0.2, -0.15) is 0 Å². The van der Waals surface area contributed by atoms with Crippen LogP contribution in [0.15, 0.2) is 24.3 Å². The largest absolute Gasteiger partial charge is 0.478 e. The number of likely N-dealkylation sites (tertiary alicyclic amines) is 1. The highest BCUT2D eigenvalue weighted by Gasteiger charge is 2.24. The van der Waals surface area contributed by atoms with Crippen molar-refractivity contribution in [1.82, 2.24) is 4.90 Å². The Balaban J connectivity index is 2.04. The summed E-state index contributed by atoms with van der Waals surface area (Å²) in [6, 6.07) is 6.05. The van der Waals surface area contributed by atoms with Gasteiger partial charge in [-0.1, -0.05) is 0 Å². The number of carbonyl (C=O) groups excluding carboxylic acids is 1. The topological polar surface area (TPSA) is 66.8 Å². The van der Waals surface area contributed by atoms with E-state index in [0.717, 1.165) is 19.4 Å². The summed E-state index contributed by atoms with van der Waals surface area (Å²) in [5, 5.41) is 8.84. The molecule has 5 heteroatoms. The summed E-state index contributed by atoms with van der Waals surface area (Å²) in [6.45, 7) is 3.93. The molecule has 0 spiro atoms. The van der Waals surface area contributed by atoms with Crippen LogP contribution in [0.4, 0.5) is 0 Å². The van der Waals surface area contributed by atoms with E-state index in [2.05, 4.69) is 0 Å². The second-order valence-corrected chi connectivity index (χ2v) is 4.85. The van der Waals surface area contributed by atoms with Gasteiger partial charge in [-0.15, -0.1) is 0 Å². The van der Waals surface area contributed by atoms with Crippen molar-refractivity contribution in [2.24, 2.45) is 0 Å². The minimum absolute atomic E-state index is 0.0636. The first kappa shape index (κ1) is 14.5. The lowest BCUT2D eigenvalue weighted by Crippen LogP contribution is -2.43. The van der Waals surface area contributed by atoms with Crippen LogP contribution in [0.2, 0.25) is 0 Å². The van der Waals surface area contributed by atoms with E-state index in [9.17, 15) is 9.59 Å². The summed E-state index contributed by atoms with van der Waals surface area (Å²) in [5.74, 6) is -1.05. The zero-order valence-electron chi connectivity index (χ0n) is 11.5. The molecule has 1 aliphatic rings. The predicted molar refractivity (Wildman–Crippen MR) is 74.0 cm³/mol. The van der Waals surface area contributed by atoms with Crippen molar-refractivity contribution < 1.29 is 19.4 Å². The van der Waals surface area contributed by atoms with Gasteiger partial charge in [0, 0.05) is 25.3 Å². The first-order valence-electron chi connectivity index (χ1n) is 6.86. The highest BCUT2D eigenvalue weighted by atomic mass is 16.5. The Morgan fingerprint density at radius 1 is 1.30 bits per heavy atom. The molecule has 1 aromatic carbocycles. The molecule has 1 aliphatic heterocycles. The van der Waals surface area contributed by atoms with Crippen LogP contribution < -0.4 is 0 Å². The predicted octanol–water partition coefficient (Wildman–Crippen LogP) is 2.03. The Bertz CT molecular complexity index is 481. The van der Waals surface area contributed by atoms with Gasteiger partial charge in [0.2, 0.25) is 0 Å². The van der Waals surface area contributed by atoms with E-state index < -0.39 is 5.97 Å². The highest BCUT2D eigenvalue weighted by Crippen LogP contribution is 2.16. The molecule has 0 saturated carbocycles. The molecule has 1 amide bonds. The molecule has 5 nitrogen and oxygen atoms in total. The Morgan fingerprint density at radius 2 is 1.95 bits per heavy atom. The lowest BCUT2D eigenvalue weighted by atomic mass is 10.1. The first-order chi connectivity index (χ1) is 9.61. The molecule has 0 bridgehead atoms. The average molecular weight is 277 g/mol. The summed E-state index contributed by atoms with van der Waals surface area (Å²) in [6.07, 6.45) is 2.02. The lowest BCUT2D eigenvalue weighted by Gasteiger charge is -2.32. The highest BCUT2D eigenvalue weighted by molar-refractivity contribution is 5.96. The number of amides is 1. The Morgan fingerprint density at radius 3 is 2.55 bits per heavy atom. The molecule has 20 heavy (non-hydrogen) atoms. The summed E-state index contributed by atoms with van der Waals surface area (Å²) < 4.78 is 5.58. The van der Waals surface area contributed by atoms with Gasteiger partial charge < -0.3 is 14.7 Å². The maximum absolute atomic E-state index is 12.4. The van der Waals surface area contributed by atoms with Gasteiger partial charge in [-0.3, -0.25) is 4.79 Å². The molecular weight excluding hydrogens is 258 g/mol. The van der Waals surface area contributed by atoms with Gasteiger partial charge in [0.05, 0.1) is 11.7 Å². The van der Waals surface area contributed by atoms with Crippen molar-refractivity contribution in [3.63, 3.8) is 0 Å². The molecule has 108 valence electrons. The number of carboxylic acids is 1. The maximum Gasteiger partial charge on any atom is 0.335 e. The quantitative estimate of drug-likeness (QED) is 0.914. The molecule has 0 aliphatic carbocycles. The van der Waals surface area contributed by atoms with Crippen molar-refractivity contribution in [1.29, 1.82) is 0 Å². The smallest absolute Gasteiger partial charge is 0.335 e. The third kappa shape index (κ3) is 3.36. The Kier molecular flexibility index (Phi) is 4.74. The zero-order valence-corrected chi connectivity index (χ0v) is 11.5. The van der Waals surface area contributed by atoms with Gasteiger partial charge in [0.1, 0.15) is 0 Å². The van der Waals surface area contributed by atoms with Crippen LogP contribution in [0, 0.1) is 0 Å². The van der Waals surface area contributed by atoms with E-state index in [4.69, 9.17) is 9.84 Å². The second kappa shape index (κ2) is 6.52. The van der Waals surface area contributed by atoms with E-state index in [1.807, 2.05) is 6.92 Å². The van der Waals surface area contributed by atoms with E-state index in [1.54, 1.807) is 17.0 Å². The molecule has 1 heterocycles. The maximum atomic E-state index is 12.4. The summed E-state index contributed by atoms with van der Waals surface area (Å²) >= 11 is 0. The monoisotopic (exact) mass is 277 g/mol. The van der Waals surface area contributed by atoms with Crippen LogP contribution >= 0.6 is 0 Å². The fourth-order valence-electron chi connectivity index (χ4n) is 2.43. The third-order valence-corrected chi connectivity index (χ3v) is 3.45. The number of nitrogens with zero attached hydrogens (tertiary/aromatic N) is 1. The number of hydrogen-bond donors (Lipinski definition) is 1. The first-order valence-corrected chi connectivity index (χ1v) is 6.86.